The van der Waals surface area contributed by atoms with Crippen LogP contribution in [0.4, 0.5) is 10.1 Å². The number of rotatable bonds is 8. The number of pyridine rings is 1. The largest absolute Gasteiger partial charge is 0.383 e. The van der Waals surface area contributed by atoms with Gasteiger partial charge in [0.2, 0.25) is 0 Å². The highest BCUT2D eigenvalue weighted by Crippen LogP contribution is 2.19. The number of hydrogen-bond donors (Lipinski definition) is 2. The molecule has 142 valence electrons. The van der Waals surface area contributed by atoms with Gasteiger partial charge in [-0.25, -0.2) is 4.39 Å². The minimum absolute atomic E-state index is 0.114. The van der Waals surface area contributed by atoms with Gasteiger partial charge in [0.05, 0.1) is 11.3 Å². The van der Waals surface area contributed by atoms with Crippen LogP contribution in [0.5, 0.6) is 0 Å². The summed E-state index contributed by atoms with van der Waals surface area (Å²) in [5, 5.41) is 6.17. The molecule has 4 nitrogen and oxygen atoms in total. The molecule has 0 unspecified atom stereocenters. The predicted molar refractivity (Wildman–Crippen MR) is 106 cm³/mol. The standard InChI is InChI=1S/C22H26FN3O/c23-21-9-5-4-8-18(21)11-13-25-20-14-19(15-24-16-20)22(27)26-12-10-17-6-2-1-3-7-17/h4-6,8-9,14-16,25H,1-3,7,10-13H2,(H,26,27). The minimum Gasteiger partial charge on any atom is -0.383 e. The molecule has 2 aromatic rings. The molecule has 1 aromatic carbocycles. The van der Waals surface area contributed by atoms with E-state index < -0.39 is 0 Å². The number of amides is 1. The van der Waals surface area contributed by atoms with E-state index in [4.69, 9.17) is 0 Å². The van der Waals surface area contributed by atoms with Crippen molar-refractivity contribution < 1.29 is 9.18 Å². The fourth-order valence-electron chi connectivity index (χ4n) is 3.27. The Hall–Kier alpha value is -2.69. The topological polar surface area (TPSA) is 54.0 Å². The molecular formula is C22H26FN3O. The van der Waals surface area contributed by atoms with Gasteiger partial charge in [0, 0.05) is 25.5 Å². The Labute approximate surface area is 159 Å². The normalized spacial score (nSPS) is 13.7. The highest BCUT2D eigenvalue weighted by Gasteiger charge is 2.08. The smallest absolute Gasteiger partial charge is 0.252 e. The maximum Gasteiger partial charge on any atom is 0.252 e. The van der Waals surface area contributed by atoms with Crippen LogP contribution in [0, 0.1) is 5.82 Å². The molecule has 1 aliphatic rings. The molecule has 1 aliphatic carbocycles. The molecule has 0 saturated heterocycles. The van der Waals surface area contributed by atoms with Crippen LogP contribution in [0.15, 0.2) is 54.4 Å². The van der Waals surface area contributed by atoms with Gasteiger partial charge in [-0.05, 0) is 56.2 Å². The van der Waals surface area contributed by atoms with Crippen molar-refractivity contribution in [2.24, 2.45) is 0 Å². The monoisotopic (exact) mass is 367 g/mol. The Kier molecular flexibility index (Phi) is 6.97. The summed E-state index contributed by atoms with van der Waals surface area (Å²) in [7, 11) is 0. The van der Waals surface area contributed by atoms with Gasteiger partial charge in [-0.3, -0.25) is 9.78 Å². The van der Waals surface area contributed by atoms with E-state index in [0.29, 0.717) is 30.6 Å². The van der Waals surface area contributed by atoms with Crippen molar-refractivity contribution in [3.05, 3.63) is 71.3 Å². The fraction of sp³-hybridized carbons (Fsp3) is 0.364. The molecule has 3 rings (SSSR count). The highest BCUT2D eigenvalue weighted by atomic mass is 19.1. The molecule has 0 radical (unpaired) electrons. The van der Waals surface area contributed by atoms with Crippen LogP contribution >= 0.6 is 0 Å². The highest BCUT2D eigenvalue weighted by molar-refractivity contribution is 5.94. The van der Waals surface area contributed by atoms with Crippen LogP contribution in [0.1, 0.15) is 48.0 Å². The number of allylic oxidation sites excluding steroid dienone is 1. The van der Waals surface area contributed by atoms with Gasteiger partial charge >= 0.3 is 0 Å². The van der Waals surface area contributed by atoms with Crippen LogP contribution in [0.25, 0.3) is 0 Å². The van der Waals surface area contributed by atoms with E-state index >= 15 is 0 Å². The zero-order valence-electron chi connectivity index (χ0n) is 15.5. The molecule has 5 heteroatoms. The summed E-state index contributed by atoms with van der Waals surface area (Å²) in [6.45, 7) is 1.22. The lowest BCUT2D eigenvalue weighted by atomic mass is 9.97. The van der Waals surface area contributed by atoms with Crippen molar-refractivity contribution in [2.75, 3.05) is 18.4 Å². The van der Waals surface area contributed by atoms with Crippen molar-refractivity contribution in [2.45, 2.75) is 38.5 Å². The van der Waals surface area contributed by atoms with E-state index in [-0.39, 0.29) is 11.7 Å². The minimum atomic E-state index is -0.196. The Bertz CT molecular complexity index is 804. The number of nitrogens with one attached hydrogen (secondary N) is 2. The number of carbonyl (C=O) groups is 1. The molecule has 2 N–H and O–H groups in total. The van der Waals surface area contributed by atoms with Gasteiger partial charge in [-0.2, -0.15) is 0 Å². The summed E-state index contributed by atoms with van der Waals surface area (Å²) < 4.78 is 13.6. The summed E-state index contributed by atoms with van der Waals surface area (Å²) in [5.41, 5.74) is 3.41. The molecule has 0 fully saturated rings. The second kappa shape index (κ2) is 9.86. The third-order valence-electron chi connectivity index (χ3n) is 4.80. The van der Waals surface area contributed by atoms with E-state index in [1.54, 1.807) is 30.6 Å². The molecule has 1 amide bonds. The first-order chi connectivity index (χ1) is 13.2. The van der Waals surface area contributed by atoms with Crippen LogP contribution in [-0.2, 0) is 6.42 Å². The molecular weight excluding hydrogens is 341 g/mol. The molecule has 27 heavy (non-hydrogen) atoms. The van der Waals surface area contributed by atoms with E-state index in [1.807, 2.05) is 6.07 Å². The van der Waals surface area contributed by atoms with Gasteiger partial charge in [-0.15, -0.1) is 0 Å². The second-order valence-corrected chi connectivity index (χ2v) is 6.84. The Morgan fingerprint density at radius 2 is 2.00 bits per heavy atom. The number of anilines is 1. The lowest BCUT2D eigenvalue weighted by molar-refractivity contribution is 0.0953. The van der Waals surface area contributed by atoms with Crippen LogP contribution in [0.3, 0.4) is 0 Å². The number of hydrogen-bond acceptors (Lipinski definition) is 3. The van der Waals surface area contributed by atoms with Crippen LogP contribution in [0.2, 0.25) is 0 Å². The third kappa shape index (κ3) is 5.91. The third-order valence-corrected chi connectivity index (χ3v) is 4.80. The van der Waals surface area contributed by atoms with Crippen molar-refractivity contribution in [3.8, 4) is 0 Å². The SMILES string of the molecule is O=C(NCCC1=CCCCC1)c1cncc(NCCc2ccccc2F)c1. The van der Waals surface area contributed by atoms with E-state index in [1.165, 1.54) is 24.5 Å². The van der Waals surface area contributed by atoms with E-state index in [9.17, 15) is 9.18 Å². The molecule has 0 aliphatic heterocycles. The molecule has 1 heterocycles. The Morgan fingerprint density at radius 3 is 2.81 bits per heavy atom. The summed E-state index contributed by atoms with van der Waals surface area (Å²) in [6.07, 6.45) is 11.9. The first-order valence-corrected chi connectivity index (χ1v) is 9.61. The molecule has 0 bridgehead atoms. The van der Waals surface area contributed by atoms with Crippen molar-refractivity contribution in [3.63, 3.8) is 0 Å². The van der Waals surface area contributed by atoms with Crippen LogP contribution < -0.4 is 10.6 Å². The zero-order valence-corrected chi connectivity index (χ0v) is 15.5. The number of nitrogens with zero attached hydrogens (tertiary/aromatic N) is 1. The first kappa shape index (κ1) is 19.1. The predicted octanol–water partition coefficient (Wildman–Crippen LogP) is 4.50. The van der Waals surface area contributed by atoms with E-state index in [0.717, 1.165) is 24.9 Å². The van der Waals surface area contributed by atoms with Gasteiger partial charge in [0.25, 0.3) is 5.91 Å². The lowest BCUT2D eigenvalue weighted by Gasteiger charge is -2.13. The molecule has 0 atom stereocenters. The van der Waals surface area contributed by atoms with Crippen LogP contribution in [-0.4, -0.2) is 24.0 Å². The maximum atomic E-state index is 13.6. The maximum absolute atomic E-state index is 13.6. The van der Waals surface area contributed by atoms with Gasteiger partial charge in [0.15, 0.2) is 0 Å². The molecule has 0 spiro atoms. The average Bonchev–Trinajstić information content (AvgIpc) is 2.70. The van der Waals surface area contributed by atoms with E-state index in [2.05, 4.69) is 21.7 Å². The number of carbonyl (C=O) groups excluding carboxylic acids is 1. The summed E-state index contributed by atoms with van der Waals surface area (Å²) >= 11 is 0. The summed E-state index contributed by atoms with van der Waals surface area (Å²) in [5.74, 6) is -0.310. The van der Waals surface area contributed by atoms with Crippen molar-refractivity contribution >= 4 is 11.6 Å². The van der Waals surface area contributed by atoms with Crippen molar-refractivity contribution in [1.29, 1.82) is 0 Å². The Morgan fingerprint density at radius 1 is 1.11 bits per heavy atom. The molecule has 1 aromatic heterocycles. The number of benzene rings is 1. The number of aromatic nitrogens is 1. The first-order valence-electron chi connectivity index (χ1n) is 9.61. The quantitative estimate of drug-likeness (QED) is 0.676. The Balaban J connectivity index is 1.46. The lowest BCUT2D eigenvalue weighted by Crippen LogP contribution is -2.25. The van der Waals surface area contributed by atoms with Gasteiger partial charge in [-0.1, -0.05) is 29.8 Å². The fourth-order valence-corrected chi connectivity index (χ4v) is 3.27. The van der Waals surface area contributed by atoms with Gasteiger partial charge in [0.1, 0.15) is 5.82 Å². The number of halogens is 1. The summed E-state index contributed by atoms with van der Waals surface area (Å²) in [6, 6.07) is 8.53. The van der Waals surface area contributed by atoms with Crippen molar-refractivity contribution in [1.82, 2.24) is 10.3 Å². The zero-order chi connectivity index (χ0) is 18.9. The van der Waals surface area contributed by atoms with Gasteiger partial charge < -0.3 is 10.6 Å². The molecule has 0 saturated carbocycles. The second-order valence-electron chi connectivity index (χ2n) is 6.84. The summed E-state index contributed by atoms with van der Waals surface area (Å²) in [4.78, 5) is 16.5. The average molecular weight is 367 g/mol.